The highest BCUT2D eigenvalue weighted by Crippen LogP contribution is 2.33. The van der Waals surface area contributed by atoms with Gasteiger partial charge in [0, 0.05) is 16.6 Å². The smallest absolute Gasteiger partial charge is 0.229 e. The molecule has 98 valence electrons. The van der Waals surface area contributed by atoms with Crippen LogP contribution in [0, 0.1) is 11.3 Å². The van der Waals surface area contributed by atoms with Crippen LogP contribution in [0.15, 0.2) is 29.6 Å². The first-order valence-electron chi connectivity index (χ1n) is 5.26. The lowest BCUT2D eigenvalue weighted by atomic mass is 10.0. The second-order valence-corrected chi connectivity index (χ2v) is 6.62. The van der Waals surface area contributed by atoms with E-state index in [1.165, 1.54) is 11.3 Å². The van der Waals surface area contributed by atoms with Crippen LogP contribution in [0.2, 0.25) is 0 Å². The van der Waals surface area contributed by atoms with E-state index in [0.29, 0.717) is 21.8 Å². The third-order valence-electron chi connectivity index (χ3n) is 2.41. The first-order valence-corrected chi connectivity index (χ1v) is 8.03. The third kappa shape index (κ3) is 3.05. The number of nitrogens with two attached hydrogens (primary N) is 1. The van der Waals surface area contributed by atoms with Gasteiger partial charge in [-0.15, -0.1) is 11.3 Å². The Balaban J connectivity index is 2.47. The van der Waals surface area contributed by atoms with E-state index in [1.807, 2.05) is 0 Å². The fourth-order valence-electron chi connectivity index (χ4n) is 1.66. The molecule has 0 saturated heterocycles. The maximum absolute atomic E-state index is 11.2. The van der Waals surface area contributed by atoms with Crippen molar-refractivity contribution in [3.63, 3.8) is 0 Å². The van der Waals surface area contributed by atoms with Crippen LogP contribution in [0.25, 0.3) is 11.1 Å². The monoisotopic (exact) mass is 293 g/mol. The molecule has 0 atom stereocenters. The Labute approximate surface area is 115 Å². The predicted molar refractivity (Wildman–Crippen MR) is 77.3 cm³/mol. The molecule has 0 fully saturated rings. The van der Waals surface area contributed by atoms with Gasteiger partial charge in [-0.1, -0.05) is 12.1 Å². The van der Waals surface area contributed by atoms with Crippen molar-refractivity contribution in [3.05, 3.63) is 35.2 Å². The summed E-state index contributed by atoms with van der Waals surface area (Å²) in [6, 6.07) is 8.89. The van der Waals surface area contributed by atoms with Gasteiger partial charge < -0.3 is 5.73 Å². The van der Waals surface area contributed by atoms with Gasteiger partial charge in [-0.25, -0.2) is 8.42 Å². The minimum Gasteiger partial charge on any atom is -0.389 e. The fourth-order valence-corrected chi connectivity index (χ4v) is 2.99. The number of hydrogen-bond acceptors (Lipinski definition) is 5. The van der Waals surface area contributed by atoms with Crippen LogP contribution in [-0.2, 0) is 10.0 Å². The molecule has 0 unspecified atom stereocenters. The highest BCUT2D eigenvalue weighted by atomic mass is 32.2. The highest BCUT2D eigenvalue weighted by molar-refractivity contribution is 7.92. The molecule has 0 amide bonds. The summed E-state index contributed by atoms with van der Waals surface area (Å²) in [6.45, 7) is 0. The van der Waals surface area contributed by atoms with Crippen LogP contribution >= 0.6 is 11.3 Å². The van der Waals surface area contributed by atoms with Crippen LogP contribution in [0.1, 0.15) is 5.56 Å². The SMILES string of the molecule is CS(=O)(=O)Nc1cccc(-c2csc(N)c2C#N)c1. The van der Waals surface area contributed by atoms with Crippen LogP contribution in [0.5, 0.6) is 0 Å². The minimum atomic E-state index is -3.32. The number of nitrogens with one attached hydrogen (secondary N) is 1. The first-order chi connectivity index (χ1) is 8.90. The third-order valence-corrected chi connectivity index (χ3v) is 3.83. The zero-order chi connectivity index (χ0) is 14.0. The van der Waals surface area contributed by atoms with Gasteiger partial charge in [0.25, 0.3) is 0 Å². The number of nitrogen functional groups attached to an aromatic ring is 1. The van der Waals surface area contributed by atoms with Gasteiger partial charge in [0.05, 0.1) is 11.8 Å². The average Bonchev–Trinajstić information content (AvgIpc) is 2.68. The Kier molecular flexibility index (Phi) is 3.46. The molecule has 2 rings (SSSR count). The van der Waals surface area contributed by atoms with E-state index >= 15 is 0 Å². The molecule has 2 aromatic rings. The van der Waals surface area contributed by atoms with Crippen LogP contribution in [0.4, 0.5) is 10.7 Å². The maximum Gasteiger partial charge on any atom is 0.229 e. The first kappa shape index (κ1) is 13.4. The van der Waals surface area contributed by atoms with Crippen molar-refractivity contribution in [2.75, 3.05) is 16.7 Å². The summed E-state index contributed by atoms with van der Waals surface area (Å²) in [5.74, 6) is 0. The van der Waals surface area contributed by atoms with Gasteiger partial charge in [-0.2, -0.15) is 5.26 Å². The zero-order valence-corrected chi connectivity index (χ0v) is 11.7. The summed E-state index contributed by atoms with van der Waals surface area (Å²) in [4.78, 5) is 0. The number of thiophene rings is 1. The van der Waals surface area contributed by atoms with Gasteiger partial charge >= 0.3 is 0 Å². The standard InChI is InChI=1S/C12H11N3O2S2/c1-19(16,17)15-9-4-2-3-8(5-9)11-7-18-12(14)10(11)6-13/h2-5,7,15H,14H2,1H3. The van der Waals surface area contributed by atoms with Gasteiger partial charge in [0.2, 0.25) is 10.0 Å². The summed E-state index contributed by atoms with van der Waals surface area (Å²) < 4.78 is 24.8. The van der Waals surface area contributed by atoms with Crippen LogP contribution < -0.4 is 10.5 Å². The number of hydrogen-bond donors (Lipinski definition) is 2. The Morgan fingerprint density at radius 1 is 1.42 bits per heavy atom. The van der Waals surface area contributed by atoms with Crippen molar-refractivity contribution in [2.24, 2.45) is 0 Å². The largest absolute Gasteiger partial charge is 0.389 e. The van der Waals surface area contributed by atoms with Crippen LogP contribution in [-0.4, -0.2) is 14.7 Å². The summed E-state index contributed by atoms with van der Waals surface area (Å²) in [5.41, 5.74) is 8.04. The van der Waals surface area contributed by atoms with Gasteiger partial charge in [-0.3, -0.25) is 4.72 Å². The second kappa shape index (κ2) is 4.91. The summed E-state index contributed by atoms with van der Waals surface area (Å²) in [7, 11) is -3.32. The summed E-state index contributed by atoms with van der Waals surface area (Å²) >= 11 is 1.29. The van der Waals surface area contributed by atoms with E-state index in [-0.39, 0.29) is 0 Å². The van der Waals surface area contributed by atoms with E-state index in [1.54, 1.807) is 29.6 Å². The number of nitriles is 1. The molecule has 7 heteroatoms. The normalized spacial score (nSPS) is 10.9. The number of nitrogens with zero attached hydrogens (tertiary/aromatic N) is 1. The average molecular weight is 293 g/mol. The molecule has 0 bridgehead atoms. The van der Waals surface area contributed by atoms with Crippen LogP contribution in [0.3, 0.4) is 0 Å². The van der Waals surface area contributed by atoms with E-state index < -0.39 is 10.0 Å². The zero-order valence-electron chi connectivity index (χ0n) is 10.0. The van der Waals surface area contributed by atoms with Crippen molar-refractivity contribution in [1.82, 2.24) is 0 Å². The fraction of sp³-hybridized carbons (Fsp3) is 0.0833. The number of benzene rings is 1. The molecule has 19 heavy (non-hydrogen) atoms. The van der Waals surface area contributed by atoms with E-state index in [4.69, 9.17) is 11.0 Å². The number of sulfonamides is 1. The molecule has 3 N–H and O–H groups in total. The quantitative estimate of drug-likeness (QED) is 0.907. The molecule has 5 nitrogen and oxygen atoms in total. The van der Waals surface area contributed by atoms with Crippen molar-refractivity contribution in [2.45, 2.75) is 0 Å². The Hall–Kier alpha value is -2.04. The molecule has 1 aromatic carbocycles. The molecule has 0 spiro atoms. The molecule has 1 heterocycles. The molecule has 0 aliphatic carbocycles. The Morgan fingerprint density at radius 3 is 2.79 bits per heavy atom. The van der Waals surface area contributed by atoms with Crippen molar-refractivity contribution in [1.29, 1.82) is 5.26 Å². The Bertz CT molecular complexity index is 758. The Morgan fingerprint density at radius 2 is 2.16 bits per heavy atom. The molecule has 0 saturated carbocycles. The number of rotatable bonds is 3. The summed E-state index contributed by atoms with van der Waals surface area (Å²) in [5, 5.41) is 11.3. The topological polar surface area (TPSA) is 96.0 Å². The lowest BCUT2D eigenvalue weighted by molar-refractivity contribution is 0.607. The highest BCUT2D eigenvalue weighted by Gasteiger charge is 2.11. The van der Waals surface area contributed by atoms with Crippen molar-refractivity contribution in [3.8, 4) is 17.2 Å². The molecule has 0 aliphatic rings. The lowest BCUT2D eigenvalue weighted by Gasteiger charge is -2.06. The lowest BCUT2D eigenvalue weighted by Crippen LogP contribution is -2.09. The second-order valence-electron chi connectivity index (χ2n) is 3.96. The number of anilines is 2. The molecular formula is C12H11N3O2S2. The van der Waals surface area contributed by atoms with Gasteiger partial charge in [0.15, 0.2) is 0 Å². The van der Waals surface area contributed by atoms with Crippen molar-refractivity contribution < 1.29 is 8.42 Å². The minimum absolute atomic E-state index is 0.418. The van der Waals surface area contributed by atoms with Crippen molar-refractivity contribution >= 4 is 32.0 Å². The molecular weight excluding hydrogens is 282 g/mol. The van der Waals surface area contributed by atoms with Gasteiger partial charge in [0.1, 0.15) is 11.1 Å². The van der Waals surface area contributed by atoms with E-state index in [9.17, 15) is 8.42 Å². The van der Waals surface area contributed by atoms with E-state index in [0.717, 1.165) is 11.8 Å². The summed E-state index contributed by atoms with van der Waals surface area (Å²) in [6.07, 6.45) is 1.09. The molecule has 0 aliphatic heterocycles. The maximum atomic E-state index is 11.2. The molecule has 0 radical (unpaired) electrons. The van der Waals surface area contributed by atoms with Gasteiger partial charge in [-0.05, 0) is 17.7 Å². The van der Waals surface area contributed by atoms with E-state index in [2.05, 4.69) is 10.8 Å². The predicted octanol–water partition coefficient (Wildman–Crippen LogP) is 2.24. The molecule has 1 aromatic heterocycles.